The molecule has 0 aromatic rings. The SMILES string of the molecule is CCCC1(CNC(C)C)CCNC1. The van der Waals surface area contributed by atoms with Crippen LogP contribution in [0.3, 0.4) is 0 Å². The summed E-state index contributed by atoms with van der Waals surface area (Å²) in [4.78, 5) is 0. The van der Waals surface area contributed by atoms with Crippen molar-refractivity contribution in [2.45, 2.75) is 46.1 Å². The minimum atomic E-state index is 0.555. The van der Waals surface area contributed by atoms with Crippen LogP contribution >= 0.6 is 0 Å². The maximum atomic E-state index is 3.57. The van der Waals surface area contributed by atoms with E-state index in [1.165, 1.54) is 38.9 Å². The minimum Gasteiger partial charge on any atom is -0.316 e. The van der Waals surface area contributed by atoms with Crippen molar-refractivity contribution in [3.8, 4) is 0 Å². The first kappa shape index (κ1) is 11.0. The molecule has 1 aliphatic rings. The topological polar surface area (TPSA) is 24.1 Å². The molecule has 1 rings (SSSR count). The highest BCUT2D eigenvalue weighted by atomic mass is 15.0. The first-order valence-corrected chi connectivity index (χ1v) is 5.63. The third kappa shape index (κ3) is 3.28. The Morgan fingerprint density at radius 3 is 2.69 bits per heavy atom. The molecule has 0 bridgehead atoms. The smallest absolute Gasteiger partial charge is 0.00228 e. The van der Waals surface area contributed by atoms with E-state index in [4.69, 9.17) is 0 Å². The van der Waals surface area contributed by atoms with Crippen LogP contribution in [0.15, 0.2) is 0 Å². The normalized spacial score (nSPS) is 28.6. The van der Waals surface area contributed by atoms with Crippen LogP contribution in [0.25, 0.3) is 0 Å². The summed E-state index contributed by atoms with van der Waals surface area (Å²) in [5.41, 5.74) is 0.555. The number of hydrogen-bond donors (Lipinski definition) is 2. The first-order valence-electron chi connectivity index (χ1n) is 5.63. The Bertz CT molecular complexity index is 137. The molecule has 0 amide bonds. The summed E-state index contributed by atoms with van der Waals surface area (Å²) >= 11 is 0. The van der Waals surface area contributed by atoms with Crippen molar-refractivity contribution in [1.29, 1.82) is 0 Å². The van der Waals surface area contributed by atoms with Crippen LogP contribution in [0.1, 0.15) is 40.0 Å². The van der Waals surface area contributed by atoms with Crippen LogP contribution in [-0.4, -0.2) is 25.7 Å². The summed E-state index contributed by atoms with van der Waals surface area (Å²) in [6, 6.07) is 0.620. The fourth-order valence-corrected chi connectivity index (χ4v) is 2.20. The monoisotopic (exact) mass is 184 g/mol. The molecule has 1 fully saturated rings. The molecule has 2 N–H and O–H groups in total. The van der Waals surface area contributed by atoms with Crippen LogP contribution in [0.5, 0.6) is 0 Å². The molecule has 0 aliphatic carbocycles. The molecule has 1 heterocycles. The van der Waals surface area contributed by atoms with Gasteiger partial charge in [0.15, 0.2) is 0 Å². The van der Waals surface area contributed by atoms with Crippen LogP contribution in [0.4, 0.5) is 0 Å². The molecular weight excluding hydrogens is 160 g/mol. The van der Waals surface area contributed by atoms with Gasteiger partial charge in [-0.25, -0.2) is 0 Å². The molecule has 2 nitrogen and oxygen atoms in total. The second-order valence-electron chi connectivity index (χ2n) is 4.71. The third-order valence-corrected chi connectivity index (χ3v) is 3.00. The average molecular weight is 184 g/mol. The number of nitrogens with one attached hydrogen (secondary N) is 2. The predicted octanol–water partition coefficient (Wildman–Crippen LogP) is 1.76. The van der Waals surface area contributed by atoms with Crippen molar-refractivity contribution in [2.75, 3.05) is 19.6 Å². The fourth-order valence-electron chi connectivity index (χ4n) is 2.20. The molecule has 0 spiro atoms. The molecule has 0 aromatic carbocycles. The van der Waals surface area contributed by atoms with Crippen molar-refractivity contribution >= 4 is 0 Å². The number of hydrogen-bond acceptors (Lipinski definition) is 2. The second-order valence-corrected chi connectivity index (χ2v) is 4.71. The zero-order valence-corrected chi connectivity index (χ0v) is 9.32. The second kappa shape index (κ2) is 4.97. The van der Waals surface area contributed by atoms with Gasteiger partial charge in [-0.15, -0.1) is 0 Å². The van der Waals surface area contributed by atoms with E-state index >= 15 is 0 Å². The number of rotatable bonds is 5. The lowest BCUT2D eigenvalue weighted by atomic mass is 9.82. The Hall–Kier alpha value is -0.0800. The molecule has 1 atom stereocenters. The lowest BCUT2D eigenvalue weighted by Crippen LogP contribution is -2.39. The van der Waals surface area contributed by atoms with Crippen molar-refractivity contribution in [3.05, 3.63) is 0 Å². The Morgan fingerprint density at radius 2 is 2.23 bits per heavy atom. The summed E-state index contributed by atoms with van der Waals surface area (Å²) < 4.78 is 0. The summed E-state index contributed by atoms with van der Waals surface area (Å²) in [5, 5.41) is 7.05. The van der Waals surface area contributed by atoms with E-state index in [2.05, 4.69) is 31.4 Å². The molecular formula is C11H24N2. The fraction of sp³-hybridized carbons (Fsp3) is 1.00. The Kier molecular flexibility index (Phi) is 4.20. The highest BCUT2D eigenvalue weighted by Crippen LogP contribution is 2.30. The third-order valence-electron chi connectivity index (χ3n) is 3.00. The van der Waals surface area contributed by atoms with Gasteiger partial charge in [-0.05, 0) is 24.8 Å². The van der Waals surface area contributed by atoms with Crippen LogP contribution in [0.2, 0.25) is 0 Å². The molecule has 1 unspecified atom stereocenters. The molecule has 13 heavy (non-hydrogen) atoms. The summed E-state index contributed by atoms with van der Waals surface area (Å²) in [5.74, 6) is 0. The highest BCUT2D eigenvalue weighted by Gasteiger charge is 2.32. The van der Waals surface area contributed by atoms with Crippen LogP contribution in [0, 0.1) is 5.41 Å². The van der Waals surface area contributed by atoms with Gasteiger partial charge in [0.05, 0.1) is 0 Å². The van der Waals surface area contributed by atoms with E-state index in [9.17, 15) is 0 Å². The van der Waals surface area contributed by atoms with Gasteiger partial charge in [-0.2, -0.15) is 0 Å². The van der Waals surface area contributed by atoms with Crippen molar-refractivity contribution in [1.82, 2.24) is 10.6 Å². The zero-order valence-electron chi connectivity index (χ0n) is 9.32. The lowest BCUT2D eigenvalue weighted by molar-refractivity contribution is 0.268. The molecule has 2 heteroatoms. The summed E-state index contributed by atoms with van der Waals surface area (Å²) in [6.07, 6.45) is 4.02. The van der Waals surface area contributed by atoms with Gasteiger partial charge in [0.1, 0.15) is 0 Å². The lowest BCUT2D eigenvalue weighted by Gasteiger charge is -2.29. The van der Waals surface area contributed by atoms with E-state index in [0.29, 0.717) is 11.5 Å². The standard InChI is InChI=1S/C11H24N2/c1-4-5-11(6-7-12-8-11)9-13-10(2)3/h10,12-13H,4-9H2,1-3H3. The van der Waals surface area contributed by atoms with Gasteiger partial charge < -0.3 is 10.6 Å². The van der Waals surface area contributed by atoms with Gasteiger partial charge in [0.2, 0.25) is 0 Å². The van der Waals surface area contributed by atoms with Crippen LogP contribution < -0.4 is 10.6 Å². The highest BCUT2D eigenvalue weighted by molar-refractivity contribution is 4.89. The Labute approximate surface area is 82.5 Å². The van der Waals surface area contributed by atoms with E-state index in [1.54, 1.807) is 0 Å². The quantitative estimate of drug-likeness (QED) is 0.680. The van der Waals surface area contributed by atoms with Gasteiger partial charge in [-0.1, -0.05) is 27.2 Å². The Balaban J connectivity index is 2.37. The first-order chi connectivity index (χ1) is 6.18. The average Bonchev–Trinajstić information content (AvgIpc) is 2.51. The van der Waals surface area contributed by atoms with E-state index in [0.717, 1.165) is 0 Å². The summed E-state index contributed by atoms with van der Waals surface area (Å²) in [7, 11) is 0. The van der Waals surface area contributed by atoms with Crippen molar-refractivity contribution < 1.29 is 0 Å². The van der Waals surface area contributed by atoms with Crippen LogP contribution in [-0.2, 0) is 0 Å². The van der Waals surface area contributed by atoms with Crippen molar-refractivity contribution in [2.24, 2.45) is 5.41 Å². The van der Waals surface area contributed by atoms with E-state index < -0.39 is 0 Å². The Morgan fingerprint density at radius 1 is 1.46 bits per heavy atom. The predicted molar refractivity (Wildman–Crippen MR) is 58.0 cm³/mol. The van der Waals surface area contributed by atoms with Gasteiger partial charge >= 0.3 is 0 Å². The molecule has 0 aromatic heterocycles. The molecule has 78 valence electrons. The largest absolute Gasteiger partial charge is 0.316 e. The maximum absolute atomic E-state index is 3.57. The molecule has 0 saturated carbocycles. The van der Waals surface area contributed by atoms with Gasteiger partial charge in [0.25, 0.3) is 0 Å². The molecule has 0 radical (unpaired) electrons. The van der Waals surface area contributed by atoms with Gasteiger partial charge in [0, 0.05) is 19.1 Å². The summed E-state index contributed by atoms with van der Waals surface area (Å²) in [6.45, 7) is 10.3. The minimum absolute atomic E-state index is 0.555. The van der Waals surface area contributed by atoms with E-state index in [-0.39, 0.29) is 0 Å². The molecule has 1 aliphatic heterocycles. The zero-order chi connectivity index (χ0) is 9.73. The van der Waals surface area contributed by atoms with Gasteiger partial charge in [-0.3, -0.25) is 0 Å². The van der Waals surface area contributed by atoms with Crippen molar-refractivity contribution in [3.63, 3.8) is 0 Å². The maximum Gasteiger partial charge on any atom is 0.00228 e. The molecule has 1 saturated heterocycles. The van der Waals surface area contributed by atoms with E-state index in [1.807, 2.05) is 0 Å².